The van der Waals surface area contributed by atoms with Crippen LogP contribution in [0.25, 0.3) is 0 Å². The van der Waals surface area contributed by atoms with Crippen molar-refractivity contribution in [2.24, 2.45) is 5.73 Å². The first-order chi connectivity index (χ1) is 12.4. The van der Waals surface area contributed by atoms with Crippen LogP contribution >= 0.6 is 0 Å². The van der Waals surface area contributed by atoms with Crippen LogP contribution in [0.1, 0.15) is 18.4 Å². The van der Waals surface area contributed by atoms with Crippen LogP contribution in [0.4, 0.5) is 4.79 Å². The Morgan fingerprint density at radius 2 is 1.96 bits per heavy atom. The molecule has 0 bridgehead atoms. The summed E-state index contributed by atoms with van der Waals surface area (Å²) < 4.78 is 0. The molecule has 5 amide bonds. The van der Waals surface area contributed by atoms with Crippen LogP contribution in [-0.2, 0) is 20.8 Å². The molecule has 0 radical (unpaired) electrons. The van der Waals surface area contributed by atoms with Crippen molar-refractivity contribution < 1.29 is 24.3 Å². The predicted octanol–water partition coefficient (Wildman–Crippen LogP) is -1.11. The maximum atomic E-state index is 12.0. The van der Waals surface area contributed by atoms with Crippen LogP contribution in [-0.4, -0.2) is 59.0 Å². The van der Waals surface area contributed by atoms with E-state index in [1.54, 1.807) is 0 Å². The molecule has 0 aromatic heterocycles. The normalized spacial score (nSPS) is 17.7. The lowest BCUT2D eigenvalue weighted by Gasteiger charge is -2.22. The summed E-state index contributed by atoms with van der Waals surface area (Å²) in [5.41, 5.74) is 6.19. The van der Waals surface area contributed by atoms with Gasteiger partial charge in [-0.1, -0.05) is 30.3 Å². The highest BCUT2D eigenvalue weighted by Crippen LogP contribution is 2.14. The van der Waals surface area contributed by atoms with Gasteiger partial charge in [-0.05, 0) is 18.4 Å². The van der Waals surface area contributed by atoms with Gasteiger partial charge >= 0.3 is 6.03 Å². The molecule has 1 aromatic rings. The van der Waals surface area contributed by atoms with Gasteiger partial charge in [0.1, 0.15) is 12.1 Å². The molecule has 0 aliphatic carbocycles. The molecule has 0 spiro atoms. The summed E-state index contributed by atoms with van der Waals surface area (Å²) in [6.07, 6.45) is 0.721. The Morgan fingerprint density at radius 1 is 1.27 bits per heavy atom. The van der Waals surface area contributed by atoms with E-state index in [9.17, 15) is 19.2 Å². The molecule has 0 saturated carbocycles. The van der Waals surface area contributed by atoms with Crippen molar-refractivity contribution in [1.29, 1.82) is 0 Å². The smallest absolute Gasteiger partial charge is 0.325 e. The van der Waals surface area contributed by atoms with Gasteiger partial charge in [-0.2, -0.15) is 0 Å². The zero-order valence-corrected chi connectivity index (χ0v) is 14.2. The zero-order valence-electron chi connectivity index (χ0n) is 14.2. The maximum absolute atomic E-state index is 12.0. The van der Waals surface area contributed by atoms with Crippen molar-refractivity contribution in [1.82, 2.24) is 15.5 Å². The first-order valence-electron chi connectivity index (χ1n) is 8.28. The summed E-state index contributed by atoms with van der Waals surface area (Å²) >= 11 is 0. The second-order valence-electron chi connectivity index (χ2n) is 5.97. The number of carbonyl (C=O) groups excluding carboxylic acids is 4. The highest BCUT2D eigenvalue weighted by Gasteiger charge is 2.43. The van der Waals surface area contributed by atoms with E-state index in [1.165, 1.54) is 0 Å². The number of amides is 5. The van der Waals surface area contributed by atoms with Crippen LogP contribution in [0, 0.1) is 0 Å². The van der Waals surface area contributed by atoms with E-state index in [1.807, 2.05) is 30.3 Å². The molecule has 2 atom stereocenters. The predicted molar refractivity (Wildman–Crippen MR) is 91.6 cm³/mol. The number of carbonyl (C=O) groups is 4. The third kappa shape index (κ3) is 4.79. The fourth-order valence-corrected chi connectivity index (χ4v) is 2.73. The summed E-state index contributed by atoms with van der Waals surface area (Å²) in [6, 6.07) is 6.31. The average molecular weight is 362 g/mol. The Kier molecular flexibility index (Phi) is 6.67. The van der Waals surface area contributed by atoms with Gasteiger partial charge in [-0.3, -0.25) is 14.4 Å². The van der Waals surface area contributed by atoms with E-state index in [-0.39, 0.29) is 25.3 Å². The van der Waals surface area contributed by atoms with E-state index >= 15 is 0 Å². The number of rotatable bonds is 9. The molecule has 9 heteroatoms. The Labute approximate surface area is 150 Å². The number of hydrogen-bond donors (Lipinski definition) is 4. The minimum atomic E-state index is -1.12. The maximum Gasteiger partial charge on any atom is 0.325 e. The lowest BCUT2D eigenvalue weighted by atomic mass is 10.1. The number of imide groups is 1. The molecule has 0 unspecified atom stereocenters. The molecule has 9 nitrogen and oxygen atoms in total. The Hall–Kier alpha value is -2.94. The van der Waals surface area contributed by atoms with Gasteiger partial charge in [0.05, 0.1) is 13.0 Å². The summed E-state index contributed by atoms with van der Waals surface area (Å²) in [6.45, 7) is -0.273. The SMILES string of the molecule is NC(=O)[C@H](CCCNC(=O)Cc1ccccc1)N1C(=O)N[C@@H](CO)C1=O. The number of benzene rings is 1. The fraction of sp³-hybridized carbons (Fsp3) is 0.412. The standard InChI is InChI=1S/C17H22N4O5/c18-15(24)13(21-16(25)12(10-22)20-17(21)26)7-4-8-19-14(23)9-11-5-2-1-3-6-11/h1-3,5-6,12-13,22H,4,7-10H2,(H2,18,24)(H,19,23)(H,20,26)/t12-,13-/m0/s1. The molecule has 1 saturated heterocycles. The second kappa shape index (κ2) is 8.95. The molecule has 5 N–H and O–H groups in total. The lowest BCUT2D eigenvalue weighted by Crippen LogP contribution is -2.49. The number of primary amides is 1. The van der Waals surface area contributed by atoms with Crippen LogP contribution in [0.2, 0.25) is 0 Å². The highest BCUT2D eigenvalue weighted by atomic mass is 16.3. The number of hydrogen-bond acceptors (Lipinski definition) is 5. The summed E-state index contributed by atoms with van der Waals surface area (Å²) in [5, 5.41) is 14.1. The zero-order chi connectivity index (χ0) is 19.1. The third-order valence-corrected chi connectivity index (χ3v) is 4.06. The molecule has 1 fully saturated rings. The first-order valence-corrected chi connectivity index (χ1v) is 8.28. The molecule has 2 rings (SSSR count). The van der Waals surface area contributed by atoms with Crippen molar-refractivity contribution in [2.75, 3.05) is 13.2 Å². The number of aliphatic hydroxyl groups excluding tert-OH is 1. The van der Waals surface area contributed by atoms with Gasteiger partial charge in [-0.15, -0.1) is 0 Å². The molecule has 1 aliphatic rings. The molecular formula is C17H22N4O5. The van der Waals surface area contributed by atoms with Gasteiger partial charge in [0.25, 0.3) is 5.91 Å². The largest absolute Gasteiger partial charge is 0.394 e. The van der Waals surface area contributed by atoms with Crippen LogP contribution in [0.15, 0.2) is 30.3 Å². The topological polar surface area (TPSA) is 142 Å². The summed E-state index contributed by atoms with van der Waals surface area (Å²) in [5.74, 6) is -1.67. The number of nitrogens with one attached hydrogen (secondary N) is 2. The first kappa shape index (κ1) is 19.4. The van der Waals surface area contributed by atoms with Crippen molar-refractivity contribution in [3.63, 3.8) is 0 Å². The second-order valence-corrected chi connectivity index (χ2v) is 5.97. The van der Waals surface area contributed by atoms with Gasteiger partial charge in [0.2, 0.25) is 11.8 Å². The van der Waals surface area contributed by atoms with Gasteiger partial charge in [0, 0.05) is 6.54 Å². The molecular weight excluding hydrogens is 340 g/mol. The molecule has 1 heterocycles. The number of nitrogens with zero attached hydrogens (tertiary/aromatic N) is 1. The quantitative estimate of drug-likeness (QED) is 0.326. The summed E-state index contributed by atoms with van der Waals surface area (Å²) in [4.78, 5) is 48.2. The Bertz CT molecular complexity index is 679. The third-order valence-electron chi connectivity index (χ3n) is 4.06. The molecule has 26 heavy (non-hydrogen) atoms. The Balaban J connectivity index is 1.82. The molecule has 140 valence electrons. The minimum absolute atomic E-state index is 0.123. The average Bonchev–Trinajstić information content (AvgIpc) is 2.89. The van der Waals surface area contributed by atoms with Crippen molar-refractivity contribution in [3.05, 3.63) is 35.9 Å². The monoisotopic (exact) mass is 362 g/mol. The molecule has 1 aliphatic heterocycles. The van der Waals surface area contributed by atoms with Crippen molar-refractivity contribution >= 4 is 23.8 Å². The Morgan fingerprint density at radius 3 is 2.54 bits per heavy atom. The van der Waals surface area contributed by atoms with Crippen molar-refractivity contribution in [3.8, 4) is 0 Å². The van der Waals surface area contributed by atoms with E-state index in [2.05, 4.69) is 10.6 Å². The van der Waals surface area contributed by atoms with E-state index < -0.39 is 36.5 Å². The number of aliphatic hydroxyl groups is 1. The van der Waals surface area contributed by atoms with Crippen LogP contribution < -0.4 is 16.4 Å². The molecule has 1 aromatic carbocycles. The van der Waals surface area contributed by atoms with E-state index in [4.69, 9.17) is 10.8 Å². The van der Waals surface area contributed by atoms with Gasteiger partial charge < -0.3 is 21.5 Å². The minimum Gasteiger partial charge on any atom is -0.394 e. The van der Waals surface area contributed by atoms with E-state index in [0.717, 1.165) is 10.5 Å². The highest BCUT2D eigenvalue weighted by molar-refractivity contribution is 6.07. The van der Waals surface area contributed by atoms with E-state index in [0.29, 0.717) is 6.42 Å². The summed E-state index contributed by atoms with van der Waals surface area (Å²) in [7, 11) is 0. The fourth-order valence-electron chi connectivity index (χ4n) is 2.73. The number of nitrogens with two attached hydrogens (primary N) is 1. The number of urea groups is 1. The van der Waals surface area contributed by atoms with Gasteiger partial charge in [-0.25, -0.2) is 9.69 Å². The van der Waals surface area contributed by atoms with Crippen molar-refractivity contribution in [2.45, 2.75) is 31.3 Å². The van der Waals surface area contributed by atoms with Gasteiger partial charge in [0.15, 0.2) is 0 Å². The van der Waals surface area contributed by atoms with Crippen LogP contribution in [0.5, 0.6) is 0 Å². The lowest BCUT2D eigenvalue weighted by molar-refractivity contribution is -0.135. The van der Waals surface area contributed by atoms with Crippen LogP contribution in [0.3, 0.4) is 0 Å².